The molecule has 0 unspecified atom stereocenters. The Balaban J connectivity index is 3.25. The summed E-state index contributed by atoms with van der Waals surface area (Å²) in [6, 6.07) is 0. The molecule has 0 aliphatic carbocycles. The third-order valence-corrected chi connectivity index (χ3v) is 0.880. The predicted octanol–water partition coefficient (Wildman–Crippen LogP) is 1.42. The van der Waals surface area contributed by atoms with Gasteiger partial charge in [-0.15, -0.1) is 0 Å². The van der Waals surface area contributed by atoms with Crippen LogP contribution in [-0.2, 0) is 8.98 Å². The molecule has 0 rings (SSSR count). The fraction of sp³-hybridized carbons (Fsp3) is 0.800. The van der Waals surface area contributed by atoms with Crippen molar-refractivity contribution in [2.75, 3.05) is 0 Å². The van der Waals surface area contributed by atoms with E-state index in [0.717, 1.165) is 0 Å². The van der Waals surface area contributed by atoms with Crippen LogP contribution in [0.25, 0.3) is 0 Å². The van der Waals surface area contributed by atoms with E-state index < -0.39 is 0 Å². The minimum atomic E-state index is -0.261. The van der Waals surface area contributed by atoms with Gasteiger partial charge in [-0.05, 0) is 5.92 Å². The highest BCUT2D eigenvalue weighted by molar-refractivity contribution is 7.75. The fourth-order valence-electron chi connectivity index (χ4n) is 0.371. The van der Waals surface area contributed by atoms with Crippen molar-refractivity contribution in [1.82, 2.24) is 0 Å². The van der Waals surface area contributed by atoms with Gasteiger partial charge in [0.1, 0.15) is 0 Å². The molecule has 0 aromatic carbocycles. The first-order chi connectivity index (χ1) is 3.66. The van der Waals surface area contributed by atoms with E-state index in [1.807, 2.05) is 13.8 Å². The Kier molecular flexibility index (Phi) is 3.69. The molecule has 3 heteroatoms. The third-order valence-electron chi connectivity index (χ3n) is 0.677. The standard InChI is InChI=1S/C5H10O2S/c1-4(2)3-5(6)7-8/h4,8H,3H2,1-2H3. The summed E-state index contributed by atoms with van der Waals surface area (Å²) in [6.07, 6.45) is 0.448. The van der Waals surface area contributed by atoms with E-state index in [0.29, 0.717) is 12.3 Å². The van der Waals surface area contributed by atoms with Gasteiger partial charge in [-0.25, -0.2) is 0 Å². The van der Waals surface area contributed by atoms with Crippen LogP contribution in [0.4, 0.5) is 0 Å². The smallest absolute Gasteiger partial charge is 0.317 e. The maximum atomic E-state index is 10.3. The van der Waals surface area contributed by atoms with Gasteiger partial charge in [-0.3, -0.25) is 4.79 Å². The van der Waals surface area contributed by atoms with Crippen LogP contribution in [-0.4, -0.2) is 5.97 Å². The second-order valence-electron chi connectivity index (χ2n) is 2.06. The molecule has 0 N–H and O–H groups in total. The summed E-state index contributed by atoms with van der Waals surface area (Å²) in [4.78, 5) is 10.3. The molecular weight excluding hydrogens is 124 g/mol. The minimum Gasteiger partial charge on any atom is -0.395 e. The van der Waals surface area contributed by atoms with Gasteiger partial charge in [0.2, 0.25) is 0 Å². The SMILES string of the molecule is CC(C)CC(=O)OS. The minimum absolute atomic E-state index is 0.261. The Bertz CT molecular complexity index is 80.5. The highest BCUT2D eigenvalue weighted by atomic mass is 32.1. The van der Waals surface area contributed by atoms with Gasteiger partial charge < -0.3 is 4.18 Å². The van der Waals surface area contributed by atoms with Gasteiger partial charge in [-0.1, -0.05) is 13.8 Å². The highest BCUT2D eigenvalue weighted by Gasteiger charge is 2.02. The van der Waals surface area contributed by atoms with Gasteiger partial charge in [0.25, 0.3) is 0 Å². The van der Waals surface area contributed by atoms with Crippen LogP contribution in [0.3, 0.4) is 0 Å². The van der Waals surface area contributed by atoms with Crippen LogP contribution in [0.2, 0.25) is 0 Å². The zero-order valence-electron chi connectivity index (χ0n) is 5.05. The molecule has 48 valence electrons. The lowest BCUT2D eigenvalue weighted by Gasteiger charge is -1.98. The Hall–Kier alpha value is -0.180. The van der Waals surface area contributed by atoms with Crippen molar-refractivity contribution in [1.29, 1.82) is 0 Å². The van der Waals surface area contributed by atoms with Crippen molar-refractivity contribution >= 4 is 18.9 Å². The molecule has 0 atom stereocenters. The van der Waals surface area contributed by atoms with Crippen LogP contribution in [0.5, 0.6) is 0 Å². The van der Waals surface area contributed by atoms with E-state index in [4.69, 9.17) is 0 Å². The summed E-state index contributed by atoms with van der Waals surface area (Å²) >= 11 is 3.34. The second-order valence-corrected chi connectivity index (χ2v) is 2.24. The fourth-order valence-corrected chi connectivity index (χ4v) is 0.445. The van der Waals surface area contributed by atoms with Gasteiger partial charge >= 0.3 is 5.97 Å². The zero-order valence-corrected chi connectivity index (χ0v) is 5.94. The van der Waals surface area contributed by atoms with E-state index in [9.17, 15) is 4.79 Å². The normalized spacial score (nSPS) is 9.50. The van der Waals surface area contributed by atoms with Crippen LogP contribution >= 0.6 is 12.9 Å². The summed E-state index contributed by atoms with van der Waals surface area (Å²) in [7, 11) is 0. The maximum Gasteiger partial charge on any atom is 0.317 e. The Morgan fingerprint density at radius 3 is 2.38 bits per heavy atom. The molecule has 0 spiro atoms. The van der Waals surface area contributed by atoms with Crippen molar-refractivity contribution in [3.63, 3.8) is 0 Å². The first-order valence-electron chi connectivity index (χ1n) is 2.51. The van der Waals surface area contributed by atoms with Crippen molar-refractivity contribution in [2.24, 2.45) is 5.92 Å². The Morgan fingerprint density at radius 2 is 2.25 bits per heavy atom. The van der Waals surface area contributed by atoms with Gasteiger partial charge in [0.15, 0.2) is 0 Å². The lowest BCUT2D eigenvalue weighted by molar-refractivity contribution is -0.133. The summed E-state index contributed by atoms with van der Waals surface area (Å²) in [5.74, 6) is 0.0954. The molecule has 0 aliphatic rings. The summed E-state index contributed by atoms with van der Waals surface area (Å²) < 4.78 is 4.12. The molecule has 0 aromatic rings. The van der Waals surface area contributed by atoms with Crippen LogP contribution in [0.1, 0.15) is 20.3 Å². The number of rotatable bonds is 2. The second kappa shape index (κ2) is 3.78. The van der Waals surface area contributed by atoms with Gasteiger partial charge in [-0.2, -0.15) is 0 Å². The van der Waals surface area contributed by atoms with Crippen molar-refractivity contribution < 1.29 is 8.98 Å². The first-order valence-corrected chi connectivity index (χ1v) is 2.87. The Labute approximate surface area is 54.8 Å². The highest BCUT2D eigenvalue weighted by Crippen LogP contribution is 2.00. The van der Waals surface area contributed by atoms with E-state index in [1.165, 1.54) is 0 Å². The topological polar surface area (TPSA) is 26.3 Å². The molecule has 0 amide bonds. The number of hydrogen-bond donors (Lipinski definition) is 1. The van der Waals surface area contributed by atoms with Crippen molar-refractivity contribution in [2.45, 2.75) is 20.3 Å². The van der Waals surface area contributed by atoms with E-state index >= 15 is 0 Å². The molecule has 0 bridgehead atoms. The molecule has 2 nitrogen and oxygen atoms in total. The molecule has 0 aliphatic heterocycles. The summed E-state index contributed by atoms with van der Waals surface area (Å²) in [5, 5.41) is 0. The number of thiol groups is 1. The molecule has 0 saturated carbocycles. The average molecular weight is 134 g/mol. The lowest BCUT2D eigenvalue weighted by atomic mass is 10.1. The molecule has 0 saturated heterocycles. The lowest BCUT2D eigenvalue weighted by Crippen LogP contribution is -2.01. The van der Waals surface area contributed by atoms with E-state index in [-0.39, 0.29) is 5.97 Å². The quantitative estimate of drug-likeness (QED) is 0.456. The van der Waals surface area contributed by atoms with Gasteiger partial charge in [0.05, 0.1) is 0 Å². The third kappa shape index (κ3) is 3.99. The predicted molar refractivity (Wildman–Crippen MR) is 34.5 cm³/mol. The number of carbonyl (C=O) groups is 1. The van der Waals surface area contributed by atoms with E-state index in [1.54, 1.807) is 0 Å². The van der Waals surface area contributed by atoms with Crippen LogP contribution in [0.15, 0.2) is 0 Å². The summed E-state index contributed by atoms with van der Waals surface area (Å²) in [6.45, 7) is 3.90. The summed E-state index contributed by atoms with van der Waals surface area (Å²) in [5.41, 5.74) is 0. The van der Waals surface area contributed by atoms with Crippen molar-refractivity contribution in [3.05, 3.63) is 0 Å². The molecule has 0 fully saturated rings. The number of carbonyl (C=O) groups excluding carboxylic acids is 1. The first kappa shape index (κ1) is 7.82. The Morgan fingerprint density at radius 1 is 1.75 bits per heavy atom. The van der Waals surface area contributed by atoms with Crippen LogP contribution < -0.4 is 0 Å². The molecule has 8 heavy (non-hydrogen) atoms. The average Bonchev–Trinajstić information content (AvgIpc) is 1.65. The zero-order chi connectivity index (χ0) is 6.57. The van der Waals surface area contributed by atoms with Gasteiger partial charge in [0, 0.05) is 19.3 Å². The molecule has 0 aromatic heterocycles. The monoisotopic (exact) mass is 134 g/mol. The largest absolute Gasteiger partial charge is 0.395 e. The number of hydrogen-bond acceptors (Lipinski definition) is 3. The maximum absolute atomic E-state index is 10.3. The molecule has 0 radical (unpaired) electrons. The van der Waals surface area contributed by atoms with Crippen LogP contribution in [0, 0.1) is 5.92 Å². The van der Waals surface area contributed by atoms with E-state index in [2.05, 4.69) is 17.1 Å². The van der Waals surface area contributed by atoms with Crippen molar-refractivity contribution in [3.8, 4) is 0 Å². The molecular formula is C5H10O2S. The molecule has 0 heterocycles.